The van der Waals surface area contributed by atoms with Gasteiger partial charge in [0.2, 0.25) is 0 Å². The summed E-state index contributed by atoms with van der Waals surface area (Å²) in [6, 6.07) is 7.36. The topological polar surface area (TPSA) is 62.2 Å². The summed E-state index contributed by atoms with van der Waals surface area (Å²) in [5.41, 5.74) is 3.03. The zero-order valence-corrected chi connectivity index (χ0v) is 10.5. The SMILES string of the molecule is CNC(Cc1ccc2ncc(C)cc2c1)C(=O)O. The summed E-state index contributed by atoms with van der Waals surface area (Å²) in [4.78, 5) is 15.3. The number of pyridine rings is 1. The maximum Gasteiger partial charge on any atom is 0.321 e. The van der Waals surface area contributed by atoms with Crippen LogP contribution in [0.3, 0.4) is 0 Å². The van der Waals surface area contributed by atoms with Crippen molar-refractivity contribution < 1.29 is 9.90 Å². The third-order valence-corrected chi connectivity index (χ3v) is 2.97. The summed E-state index contributed by atoms with van der Waals surface area (Å²) in [5.74, 6) is -0.833. The first kappa shape index (κ1) is 12.5. The van der Waals surface area contributed by atoms with Gasteiger partial charge in [0.05, 0.1) is 5.52 Å². The Balaban J connectivity index is 2.31. The molecule has 2 aromatic rings. The molecule has 18 heavy (non-hydrogen) atoms. The molecule has 0 saturated carbocycles. The molecule has 1 aromatic carbocycles. The molecule has 0 bridgehead atoms. The number of aromatic nitrogens is 1. The van der Waals surface area contributed by atoms with Crippen LogP contribution in [0.15, 0.2) is 30.5 Å². The molecule has 94 valence electrons. The number of nitrogens with zero attached hydrogens (tertiary/aromatic N) is 1. The normalized spacial score (nSPS) is 12.6. The van der Waals surface area contributed by atoms with E-state index in [9.17, 15) is 4.79 Å². The van der Waals surface area contributed by atoms with Gasteiger partial charge in [-0.05, 0) is 49.7 Å². The number of likely N-dealkylation sites (N-methyl/N-ethyl adjacent to an activating group) is 1. The number of fused-ring (bicyclic) bond motifs is 1. The van der Waals surface area contributed by atoms with E-state index in [1.807, 2.05) is 31.3 Å². The van der Waals surface area contributed by atoms with Gasteiger partial charge in [-0.1, -0.05) is 6.07 Å². The van der Waals surface area contributed by atoms with Crippen molar-refractivity contribution in [3.05, 3.63) is 41.6 Å². The molecule has 0 spiro atoms. The molecule has 1 aromatic heterocycles. The maximum atomic E-state index is 11.0. The van der Waals surface area contributed by atoms with Crippen molar-refractivity contribution in [2.24, 2.45) is 0 Å². The van der Waals surface area contributed by atoms with Gasteiger partial charge in [0.25, 0.3) is 0 Å². The van der Waals surface area contributed by atoms with Gasteiger partial charge in [-0.2, -0.15) is 0 Å². The quantitative estimate of drug-likeness (QED) is 0.860. The Hall–Kier alpha value is -1.94. The molecule has 1 unspecified atom stereocenters. The first-order valence-electron chi connectivity index (χ1n) is 5.85. The predicted octanol–water partition coefficient (Wildman–Crippen LogP) is 1.76. The molecular formula is C14H16N2O2. The van der Waals surface area contributed by atoms with Crippen LogP contribution in [-0.2, 0) is 11.2 Å². The molecule has 1 atom stereocenters. The van der Waals surface area contributed by atoms with Gasteiger partial charge >= 0.3 is 5.97 Å². The van der Waals surface area contributed by atoms with Crippen LogP contribution in [0.5, 0.6) is 0 Å². The van der Waals surface area contributed by atoms with Crippen LogP contribution in [0.4, 0.5) is 0 Å². The lowest BCUT2D eigenvalue weighted by Gasteiger charge is -2.11. The number of nitrogens with one attached hydrogen (secondary N) is 1. The zero-order valence-electron chi connectivity index (χ0n) is 10.5. The lowest BCUT2D eigenvalue weighted by atomic mass is 10.0. The second-order valence-corrected chi connectivity index (χ2v) is 4.42. The highest BCUT2D eigenvalue weighted by Gasteiger charge is 2.15. The van der Waals surface area contributed by atoms with Crippen molar-refractivity contribution in [2.75, 3.05) is 7.05 Å². The lowest BCUT2D eigenvalue weighted by molar-refractivity contribution is -0.139. The Morgan fingerprint density at radius 1 is 1.44 bits per heavy atom. The highest BCUT2D eigenvalue weighted by atomic mass is 16.4. The van der Waals surface area contributed by atoms with Crippen LogP contribution >= 0.6 is 0 Å². The third-order valence-electron chi connectivity index (χ3n) is 2.97. The number of carbonyl (C=O) groups is 1. The number of carboxylic acids is 1. The van der Waals surface area contributed by atoms with Crippen molar-refractivity contribution in [2.45, 2.75) is 19.4 Å². The highest BCUT2D eigenvalue weighted by Crippen LogP contribution is 2.16. The average molecular weight is 244 g/mol. The molecule has 0 fully saturated rings. The van der Waals surface area contributed by atoms with E-state index in [1.165, 1.54) is 0 Å². The summed E-state index contributed by atoms with van der Waals surface area (Å²) in [6.07, 6.45) is 2.30. The molecule has 0 amide bonds. The smallest absolute Gasteiger partial charge is 0.321 e. The maximum absolute atomic E-state index is 11.0. The standard InChI is InChI=1S/C14H16N2O2/c1-9-5-11-6-10(3-4-12(11)16-8-9)7-13(15-2)14(17)18/h3-6,8,13,15H,7H2,1-2H3,(H,17,18). The van der Waals surface area contributed by atoms with E-state index in [0.717, 1.165) is 22.0 Å². The van der Waals surface area contributed by atoms with Crippen molar-refractivity contribution in [3.8, 4) is 0 Å². The van der Waals surface area contributed by atoms with Gasteiger partial charge in [0.15, 0.2) is 0 Å². The zero-order chi connectivity index (χ0) is 13.1. The van der Waals surface area contributed by atoms with Gasteiger partial charge in [-0.25, -0.2) is 0 Å². The second-order valence-electron chi connectivity index (χ2n) is 4.42. The van der Waals surface area contributed by atoms with Gasteiger partial charge < -0.3 is 10.4 Å². The Kier molecular flexibility index (Phi) is 3.58. The van der Waals surface area contributed by atoms with Crippen LogP contribution in [0.2, 0.25) is 0 Å². The molecule has 2 rings (SSSR count). The van der Waals surface area contributed by atoms with E-state index in [4.69, 9.17) is 5.11 Å². The van der Waals surface area contributed by atoms with Crippen LogP contribution in [0.1, 0.15) is 11.1 Å². The van der Waals surface area contributed by atoms with Gasteiger partial charge in [0.1, 0.15) is 6.04 Å². The monoisotopic (exact) mass is 244 g/mol. The average Bonchev–Trinajstić information content (AvgIpc) is 2.35. The molecule has 4 heteroatoms. The number of aliphatic carboxylic acids is 1. The fourth-order valence-electron chi connectivity index (χ4n) is 1.97. The summed E-state index contributed by atoms with van der Waals surface area (Å²) in [7, 11) is 1.66. The number of carboxylic acid groups (broad SMARTS) is 1. The first-order valence-corrected chi connectivity index (χ1v) is 5.85. The Morgan fingerprint density at radius 2 is 2.22 bits per heavy atom. The van der Waals surface area contributed by atoms with E-state index >= 15 is 0 Å². The number of rotatable bonds is 4. The number of hydrogen-bond donors (Lipinski definition) is 2. The third kappa shape index (κ3) is 2.65. The first-order chi connectivity index (χ1) is 8.60. The van der Waals surface area contributed by atoms with Crippen molar-refractivity contribution >= 4 is 16.9 Å². The van der Waals surface area contributed by atoms with E-state index in [1.54, 1.807) is 7.05 Å². The second kappa shape index (κ2) is 5.14. The summed E-state index contributed by atoms with van der Waals surface area (Å²) >= 11 is 0. The molecule has 0 saturated heterocycles. The Bertz CT molecular complexity index is 581. The van der Waals surface area contributed by atoms with Crippen LogP contribution in [-0.4, -0.2) is 29.1 Å². The van der Waals surface area contributed by atoms with Crippen molar-refractivity contribution in [1.29, 1.82) is 0 Å². The number of aryl methyl sites for hydroxylation is 1. The minimum absolute atomic E-state index is 0.468. The molecular weight excluding hydrogens is 228 g/mol. The molecule has 2 N–H and O–H groups in total. The number of hydrogen-bond acceptors (Lipinski definition) is 3. The van der Waals surface area contributed by atoms with E-state index in [-0.39, 0.29) is 0 Å². The molecule has 0 aliphatic rings. The fraction of sp³-hybridized carbons (Fsp3) is 0.286. The fourth-order valence-corrected chi connectivity index (χ4v) is 1.97. The van der Waals surface area contributed by atoms with Gasteiger partial charge in [0, 0.05) is 11.6 Å². The van der Waals surface area contributed by atoms with E-state index < -0.39 is 12.0 Å². The Labute approximate surface area is 106 Å². The van der Waals surface area contributed by atoms with Crippen LogP contribution < -0.4 is 5.32 Å². The van der Waals surface area contributed by atoms with E-state index in [0.29, 0.717) is 6.42 Å². The van der Waals surface area contributed by atoms with Crippen molar-refractivity contribution in [1.82, 2.24) is 10.3 Å². The van der Waals surface area contributed by atoms with Crippen LogP contribution in [0, 0.1) is 6.92 Å². The molecule has 0 aliphatic carbocycles. The number of benzene rings is 1. The van der Waals surface area contributed by atoms with Crippen molar-refractivity contribution in [3.63, 3.8) is 0 Å². The van der Waals surface area contributed by atoms with E-state index in [2.05, 4.69) is 16.4 Å². The van der Waals surface area contributed by atoms with Gasteiger partial charge in [-0.15, -0.1) is 0 Å². The summed E-state index contributed by atoms with van der Waals surface area (Å²) < 4.78 is 0. The Morgan fingerprint density at radius 3 is 2.89 bits per heavy atom. The predicted molar refractivity (Wildman–Crippen MR) is 70.7 cm³/mol. The minimum atomic E-state index is -0.833. The summed E-state index contributed by atoms with van der Waals surface area (Å²) in [6.45, 7) is 1.99. The molecule has 0 aliphatic heterocycles. The minimum Gasteiger partial charge on any atom is -0.480 e. The summed E-state index contributed by atoms with van der Waals surface area (Å²) in [5, 5.41) is 12.9. The molecule has 1 heterocycles. The lowest BCUT2D eigenvalue weighted by Crippen LogP contribution is -2.35. The highest BCUT2D eigenvalue weighted by molar-refractivity contribution is 5.80. The largest absolute Gasteiger partial charge is 0.480 e. The van der Waals surface area contributed by atoms with Crippen LogP contribution in [0.25, 0.3) is 10.9 Å². The molecule has 0 radical (unpaired) electrons. The van der Waals surface area contributed by atoms with Gasteiger partial charge in [-0.3, -0.25) is 9.78 Å². The molecule has 4 nitrogen and oxygen atoms in total.